The van der Waals surface area contributed by atoms with E-state index in [1.165, 1.54) is 0 Å². The average molecular weight is 373 g/mol. The van der Waals surface area contributed by atoms with Crippen LogP contribution in [-0.4, -0.2) is 41.5 Å². The minimum Gasteiger partial charge on any atom is -0.362 e. The fourth-order valence-corrected chi connectivity index (χ4v) is 3.38. The molecular weight excluding hydrogens is 350 g/mol. The van der Waals surface area contributed by atoms with Crippen LogP contribution in [0.25, 0.3) is 11.4 Å². The molecule has 1 aliphatic rings. The van der Waals surface area contributed by atoms with E-state index in [1.807, 2.05) is 84.6 Å². The molecule has 6 heteroatoms. The molecule has 1 aromatic heterocycles. The molecule has 2 heterocycles. The fraction of sp³-hybridized carbons (Fsp3) is 0.227. The minimum absolute atomic E-state index is 0.103. The highest BCUT2D eigenvalue weighted by atomic mass is 16.2. The standard InChI is InChI=1S/C22H23N5O/c1-26(2)21-18-15-27(22(28)23-17-11-7-4-8-12-17)14-13-19(18)24-20(25-21)16-9-5-3-6-10-16/h3-12H,13-15H2,1-2H3,(H,23,28). The summed E-state index contributed by atoms with van der Waals surface area (Å²) in [5.41, 5.74) is 3.82. The van der Waals surface area contributed by atoms with Gasteiger partial charge in [0.1, 0.15) is 5.82 Å². The molecule has 3 aromatic rings. The van der Waals surface area contributed by atoms with E-state index in [9.17, 15) is 4.79 Å². The Bertz CT molecular complexity index is 973. The number of hydrogen-bond donors (Lipinski definition) is 1. The van der Waals surface area contributed by atoms with Gasteiger partial charge in [0.15, 0.2) is 5.82 Å². The van der Waals surface area contributed by atoms with Gasteiger partial charge in [0.05, 0.1) is 12.2 Å². The molecule has 0 atom stereocenters. The Morgan fingerprint density at radius 2 is 1.68 bits per heavy atom. The molecule has 0 spiro atoms. The highest BCUT2D eigenvalue weighted by molar-refractivity contribution is 5.89. The molecule has 0 aliphatic carbocycles. The first-order valence-electron chi connectivity index (χ1n) is 9.35. The Hall–Kier alpha value is -3.41. The van der Waals surface area contributed by atoms with Gasteiger partial charge >= 0.3 is 6.03 Å². The van der Waals surface area contributed by atoms with E-state index < -0.39 is 0 Å². The zero-order chi connectivity index (χ0) is 19.5. The molecule has 142 valence electrons. The summed E-state index contributed by atoms with van der Waals surface area (Å²) in [4.78, 5) is 26.1. The number of hydrogen-bond acceptors (Lipinski definition) is 4. The zero-order valence-electron chi connectivity index (χ0n) is 16.1. The number of anilines is 2. The predicted octanol–water partition coefficient (Wildman–Crippen LogP) is 3.80. The second-order valence-corrected chi connectivity index (χ2v) is 7.02. The molecule has 1 N–H and O–H groups in total. The highest BCUT2D eigenvalue weighted by Gasteiger charge is 2.26. The molecule has 4 rings (SSSR count). The maximum absolute atomic E-state index is 12.7. The molecule has 0 saturated carbocycles. The van der Waals surface area contributed by atoms with Crippen molar-refractivity contribution in [2.24, 2.45) is 0 Å². The minimum atomic E-state index is -0.103. The van der Waals surface area contributed by atoms with E-state index in [1.54, 1.807) is 0 Å². The van der Waals surface area contributed by atoms with Crippen molar-refractivity contribution in [1.82, 2.24) is 14.9 Å². The SMILES string of the molecule is CN(C)c1nc(-c2ccccc2)nc2c1CN(C(=O)Nc1ccccc1)CC2. The lowest BCUT2D eigenvalue weighted by atomic mass is 10.1. The van der Waals surface area contributed by atoms with Crippen molar-refractivity contribution in [3.8, 4) is 11.4 Å². The number of amides is 2. The van der Waals surface area contributed by atoms with Gasteiger partial charge in [-0.25, -0.2) is 14.8 Å². The Labute approximate surface area is 164 Å². The Morgan fingerprint density at radius 1 is 1.00 bits per heavy atom. The van der Waals surface area contributed by atoms with Gasteiger partial charge in [0.25, 0.3) is 0 Å². The van der Waals surface area contributed by atoms with Crippen LogP contribution in [0.3, 0.4) is 0 Å². The van der Waals surface area contributed by atoms with Crippen molar-refractivity contribution in [1.29, 1.82) is 0 Å². The molecule has 2 amide bonds. The van der Waals surface area contributed by atoms with E-state index >= 15 is 0 Å². The quantitative estimate of drug-likeness (QED) is 0.759. The smallest absolute Gasteiger partial charge is 0.322 e. The third-order valence-electron chi connectivity index (χ3n) is 4.81. The zero-order valence-corrected chi connectivity index (χ0v) is 16.1. The number of fused-ring (bicyclic) bond motifs is 1. The lowest BCUT2D eigenvalue weighted by molar-refractivity contribution is 0.206. The topological polar surface area (TPSA) is 61.4 Å². The maximum Gasteiger partial charge on any atom is 0.322 e. The molecule has 1 aliphatic heterocycles. The van der Waals surface area contributed by atoms with E-state index in [-0.39, 0.29) is 6.03 Å². The molecule has 6 nitrogen and oxygen atoms in total. The molecule has 0 fully saturated rings. The first-order valence-corrected chi connectivity index (χ1v) is 9.35. The van der Waals surface area contributed by atoms with Crippen LogP contribution in [0.1, 0.15) is 11.3 Å². The van der Waals surface area contributed by atoms with Crippen molar-refractivity contribution < 1.29 is 4.79 Å². The third-order valence-corrected chi connectivity index (χ3v) is 4.81. The average Bonchev–Trinajstić information content (AvgIpc) is 2.73. The number of aromatic nitrogens is 2. The summed E-state index contributed by atoms with van der Waals surface area (Å²) in [7, 11) is 3.95. The number of nitrogens with zero attached hydrogens (tertiary/aromatic N) is 4. The van der Waals surface area contributed by atoms with Crippen molar-refractivity contribution in [3.05, 3.63) is 71.9 Å². The van der Waals surface area contributed by atoms with Crippen LogP contribution in [0.15, 0.2) is 60.7 Å². The van der Waals surface area contributed by atoms with Gasteiger partial charge in [-0.1, -0.05) is 48.5 Å². The molecule has 0 radical (unpaired) electrons. The van der Waals surface area contributed by atoms with Crippen LogP contribution in [0.4, 0.5) is 16.3 Å². The number of carbonyl (C=O) groups excluding carboxylic acids is 1. The Morgan fingerprint density at radius 3 is 2.36 bits per heavy atom. The summed E-state index contributed by atoms with van der Waals surface area (Å²) in [6, 6.07) is 19.4. The second kappa shape index (κ2) is 7.68. The number of nitrogens with one attached hydrogen (secondary N) is 1. The summed E-state index contributed by atoms with van der Waals surface area (Å²) in [6.07, 6.45) is 0.709. The van der Waals surface area contributed by atoms with Crippen LogP contribution in [0, 0.1) is 0 Å². The number of benzene rings is 2. The maximum atomic E-state index is 12.7. The van der Waals surface area contributed by atoms with Crippen molar-refractivity contribution >= 4 is 17.5 Å². The first kappa shape index (κ1) is 18.0. The molecule has 2 aromatic carbocycles. The third kappa shape index (κ3) is 3.67. The lowest BCUT2D eigenvalue weighted by Crippen LogP contribution is -2.40. The summed E-state index contributed by atoms with van der Waals surface area (Å²) in [6.45, 7) is 1.13. The van der Waals surface area contributed by atoms with Crippen molar-refractivity contribution in [2.75, 3.05) is 30.9 Å². The fourth-order valence-electron chi connectivity index (χ4n) is 3.38. The summed E-state index contributed by atoms with van der Waals surface area (Å²) in [5.74, 6) is 1.59. The molecule has 28 heavy (non-hydrogen) atoms. The summed E-state index contributed by atoms with van der Waals surface area (Å²) < 4.78 is 0. The Kier molecular flexibility index (Phi) is 4.93. The van der Waals surface area contributed by atoms with Gasteiger partial charge in [-0.3, -0.25) is 0 Å². The van der Waals surface area contributed by atoms with E-state index in [2.05, 4.69) is 5.32 Å². The van der Waals surface area contributed by atoms with Crippen LogP contribution in [0.2, 0.25) is 0 Å². The van der Waals surface area contributed by atoms with Crippen LogP contribution < -0.4 is 10.2 Å². The number of rotatable bonds is 3. The molecule has 0 bridgehead atoms. The monoisotopic (exact) mass is 373 g/mol. The van der Waals surface area contributed by atoms with Gasteiger partial charge in [0, 0.05) is 43.9 Å². The number of para-hydroxylation sites is 1. The number of carbonyl (C=O) groups is 1. The first-order chi connectivity index (χ1) is 13.6. The number of urea groups is 1. The normalized spacial score (nSPS) is 13.0. The van der Waals surface area contributed by atoms with Gasteiger partial charge in [-0.2, -0.15) is 0 Å². The largest absolute Gasteiger partial charge is 0.362 e. The van der Waals surface area contributed by atoms with Crippen molar-refractivity contribution in [2.45, 2.75) is 13.0 Å². The molecule has 0 unspecified atom stereocenters. The van der Waals surface area contributed by atoms with E-state index in [4.69, 9.17) is 9.97 Å². The van der Waals surface area contributed by atoms with Crippen LogP contribution >= 0.6 is 0 Å². The highest BCUT2D eigenvalue weighted by Crippen LogP contribution is 2.29. The summed E-state index contributed by atoms with van der Waals surface area (Å²) in [5, 5.41) is 2.96. The van der Waals surface area contributed by atoms with E-state index in [0.29, 0.717) is 19.5 Å². The lowest BCUT2D eigenvalue weighted by Gasteiger charge is -2.31. The second-order valence-electron chi connectivity index (χ2n) is 7.02. The van der Waals surface area contributed by atoms with E-state index in [0.717, 1.165) is 34.2 Å². The van der Waals surface area contributed by atoms with Crippen LogP contribution in [-0.2, 0) is 13.0 Å². The van der Waals surface area contributed by atoms with Crippen LogP contribution in [0.5, 0.6) is 0 Å². The summed E-state index contributed by atoms with van der Waals surface area (Å²) >= 11 is 0. The van der Waals surface area contributed by atoms with Gasteiger partial charge in [-0.15, -0.1) is 0 Å². The van der Waals surface area contributed by atoms with Gasteiger partial charge in [0.2, 0.25) is 0 Å². The molecule has 0 saturated heterocycles. The molecular formula is C22H23N5O. The Balaban J connectivity index is 1.62. The van der Waals surface area contributed by atoms with Crippen molar-refractivity contribution in [3.63, 3.8) is 0 Å². The van der Waals surface area contributed by atoms with Gasteiger partial charge < -0.3 is 15.1 Å². The predicted molar refractivity (Wildman–Crippen MR) is 111 cm³/mol. The van der Waals surface area contributed by atoms with Gasteiger partial charge in [-0.05, 0) is 12.1 Å².